The zero-order chi connectivity index (χ0) is 10.7. The van der Waals surface area contributed by atoms with Crippen molar-refractivity contribution in [1.29, 1.82) is 0 Å². The fourth-order valence-corrected chi connectivity index (χ4v) is 2.12. The Morgan fingerprint density at radius 1 is 1.40 bits per heavy atom. The number of nitrogens with one attached hydrogen (secondary N) is 1. The van der Waals surface area contributed by atoms with Crippen LogP contribution in [0.4, 0.5) is 6.01 Å². The minimum Gasteiger partial charge on any atom is -0.407 e. The Kier molecular flexibility index (Phi) is 3.45. The van der Waals surface area contributed by atoms with Crippen LogP contribution in [0.3, 0.4) is 0 Å². The summed E-state index contributed by atoms with van der Waals surface area (Å²) in [6, 6.07) is 4.16. The van der Waals surface area contributed by atoms with Gasteiger partial charge < -0.3 is 9.73 Å². The van der Waals surface area contributed by atoms with E-state index in [9.17, 15) is 0 Å². The van der Waals surface area contributed by atoms with Gasteiger partial charge in [0, 0.05) is 4.88 Å². The third kappa shape index (κ3) is 2.84. The van der Waals surface area contributed by atoms with Crippen molar-refractivity contribution in [3.05, 3.63) is 27.2 Å². The van der Waals surface area contributed by atoms with Gasteiger partial charge in [0.2, 0.25) is 5.89 Å². The van der Waals surface area contributed by atoms with Crippen LogP contribution in [-0.2, 0) is 12.4 Å². The number of rotatable bonds is 4. The Labute approximate surface area is 100 Å². The molecular weight excluding hydrogens is 257 g/mol. The maximum absolute atomic E-state index is 5.79. The largest absolute Gasteiger partial charge is 0.407 e. The van der Waals surface area contributed by atoms with Crippen molar-refractivity contribution in [2.24, 2.45) is 0 Å². The van der Waals surface area contributed by atoms with Gasteiger partial charge in [-0.1, -0.05) is 16.7 Å². The smallest absolute Gasteiger partial charge is 0.315 e. The predicted molar refractivity (Wildman–Crippen MR) is 60.5 cm³/mol. The van der Waals surface area contributed by atoms with Gasteiger partial charge in [-0.25, -0.2) is 0 Å². The number of alkyl halides is 1. The second-order valence-corrected chi connectivity index (χ2v) is 4.76. The lowest BCUT2D eigenvalue weighted by Gasteiger charge is -1.96. The molecule has 2 heterocycles. The van der Waals surface area contributed by atoms with Crippen molar-refractivity contribution in [1.82, 2.24) is 10.2 Å². The summed E-state index contributed by atoms with van der Waals surface area (Å²) < 4.78 is 5.93. The van der Waals surface area contributed by atoms with E-state index in [-0.39, 0.29) is 5.88 Å². The van der Waals surface area contributed by atoms with Crippen LogP contribution in [0.5, 0.6) is 0 Å². The van der Waals surface area contributed by atoms with E-state index in [4.69, 9.17) is 27.6 Å². The van der Waals surface area contributed by atoms with Crippen molar-refractivity contribution in [3.8, 4) is 0 Å². The molecule has 0 aliphatic rings. The second-order valence-electron chi connectivity index (χ2n) is 2.69. The summed E-state index contributed by atoms with van der Waals surface area (Å²) in [4.78, 5) is 1.10. The zero-order valence-electron chi connectivity index (χ0n) is 7.54. The Hall–Kier alpha value is -0.780. The second kappa shape index (κ2) is 4.83. The van der Waals surface area contributed by atoms with Crippen LogP contribution in [0.1, 0.15) is 10.8 Å². The molecule has 0 atom stereocenters. The quantitative estimate of drug-likeness (QED) is 0.862. The van der Waals surface area contributed by atoms with Crippen LogP contribution in [0.15, 0.2) is 16.5 Å². The van der Waals surface area contributed by atoms with E-state index in [0.717, 1.165) is 9.21 Å². The first kappa shape index (κ1) is 10.7. The highest BCUT2D eigenvalue weighted by molar-refractivity contribution is 7.16. The van der Waals surface area contributed by atoms with Gasteiger partial charge in [0.05, 0.1) is 10.9 Å². The molecule has 0 aliphatic heterocycles. The SMILES string of the molecule is ClCc1nnc(NCc2ccc(Cl)s2)o1. The highest BCUT2D eigenvalue weighted by atomic mass is 35.5. The lowest BCUT2D eigenvalue weighted by Crippen LogP contribution is -1.97. The maximum Gasteiger partial charge on any atom is 0.315 e. The molecule has 0 saturated heterocycles. The van der Waals surface area contributed by atoms with E-state index >= 15 is 0 Å². The molecule has 15 heavy (non-hydrogen) atoms. The average Bonchev–Trinajstić information content (AvgIpc) is 2.83. The molecule has 80 valence electrons. The molecule has 0 aromatic carbocycles. The minimum atomic E-state index is 0.222. The monoisotopic (exact) mass is 263 g/mol. The molecule has 0 spiro atoms. The third-order valence-corrected chi connectivity index (χ3v) is 3.08. The molecule has 0 amide bonds. The highest BCUT2D eigenvalue weighted by Crippen LogP contribution is 2.22. The summed E-state index contributed by atoms with van der Waals surface area (Å²) in [7, 11) is 0. The summed E-state index contributed by atoms with van der Waals surface area (Å²) in [5.41, 5.74) is 0. The van der Waals surface area contributed by atoms with Crippen LogP contribution < -0.4 is 5.32 Å². The first-order chi connectivity index (χ1) is 7.28. The lowest BCUT2D eigenvalue weighted by molar-refractivity contribution is 0.525. The number of anilines is 1. The molecule has 1 N–H and O–H groups in total. The first-order valence-electron chi connectivity index (χ1n) is 4.14. The molecule has 0 aliphatic carbocycles. The van der Waals surface area contributed by atoms with Crippen molar-refractivity contribution in [2.45, 2.75) is 12.4 Å². The van der Waals surface area contributed by atoms with Gasteiger partial charge in [-0.05, 0) is 12.1 Å². The van der Waals surface area contributed by atoms with Crippen LogP contribution >= 0.6 is 34.5 Å². The van der Waals surface area contributed by atoms with Crippen molar-refractivity contribution in [3.63, 3.8) is 0 Å². The third-order valence-electron chi connectivity index (χ3n) is 1.62. The van der Waals surface area contributed by atoms with E-state index in [1.807, 2.05) is 12.1 Å². The van der Waals surface area contributed by atoms with Gasteiger partial charge in [0.1, 0.15) is 5.88 Å². The van der Waals surface area contributed by atoms with Crippen LogP contribution in [-0.4, -0.2) is 10.2 Å². The van der Waals surface area contributed by atoms with Crippen LogP contribution in [0.25, 0.3) is 0 Å². The average molecular weight is 264 g/mol. The zero-order valence-corrected chi connectivity index (χ0v) is 9.86. The summed E-state index contributed by atoms with van der Waals surface area (Å²) in [5, 5.41) is 10.5. The summed E-state index contributed by atoms with van der Waals surface area (Å²) in [5.74, 6) is 0.628. The predicted octanol–water partition coefficient (Wildman–Crippen LogP) is 3.14. The number of thiophene rings is 1. The molecular formula is C8H7Cl2N3OS. The van der Waals surface area contributed by atoms with Crippen molar-refractivity contribution < 1.29 is 4.42 Å². The minimum absolute atomic E-state index is 0.222. The number of halogens is 2. The van der Waals surface area contributed by atoms with E-state index in [0.29, 0.717) is 18.5 Å². The molecule has 2 rings (SSSR count). The Bertz CT molecular complexity index is 443. The standard InChI is InChI=1S/C8H7Cl2N3OS/c9-3-7-12-13-8(14-7)11-4-5-1-2-6(10)15-5/h1-2H,3-4H2,(H,11,13). The van der Waals surface area contributed by atoms with Gasteiger partial charge in [0.25, 0.3) is 0 Å². The van der Waals surface area contributed by atoms with Gasteiger partial charge in [-0.15, -0.1) is 28.0 Å². The van der Waals surface area contributed by atoms with Crippen molar-refractivity contribution in [2.75, 3.05) is 5.32 Å². The Balaban J connectivity index is 1.93. The van der Waals surface area contributed by atoms with E-state index in [1.54, 1.807) is 0 Å². The fraction of sp³-hybridized carbons (Fsp3) is 0.250. The molecule has 0 fully saturated rings. The number of aromatic nitrogens is 2. The van der Waals surface area contributed by atoms with Crippen molar-refractivity contribution >= 4 is 40.6 Å². The molecule has 0 radical (unpaired) electrons. The van der Waals surface area contributed by atoms with E-state index in [2.05, 4.69) is 15.5 Å². The van der Waals surface area contributed by atoms with E-state index in [1.165, 1.54) is 11.3 Å². The molecule has 0 saturated carbocycles. The maximum atomic E-state index is 5.79. The Morgan fingerprint density at radius 2 is 2.27 bits per heavy atom. The normalized spacial score (nSPS) is 10.5. The summed E-state index contributed by atoms with van der Waals surface area (Å²) in [6.45, 7) is 0.612. The molecule has 0 unspecified atom stereocenters. The van der Waals surface area contributed by atoms with Crippen LogP contribution in [0, 0.1) is 0 Å². The first-order valence-corrected chi connectivity index (χ1v) is 5.87. The summed E-state index contributed by atoms with van der Waals surface area (Å²) >= 11 is 12.8. The fourth-order valence-electron chi connectivity index (χ4n) is 0.989. The summed E-state index contributed by atoms with van der Waals surface area (Å²) in [6.07, 6.45) is 0. The topological polar surface area (TPSA) is 51.0 Å². The molecule has 0 bridgehead atoms. The molecule has 4 nitrogen and oxygen atoms in total. The lowest BCUT2D eigenvalue weighted by atomic mass is 10.5. The van der Waals surface area contributed by atoms with Gasteiger partial charge in [-0.2, -0.15) is 0 Å². The van der Waals surface area contributed by atoms with Gasteiger partial charge >= 0.3 is 6.01 Å². The van der Waals surface area contributed by atoms with E-state index < -0.39 is 0 Å². The highest BCUT2D eigenvalue weighted by Gasteiger charge is 2.04. The molecule has 7 heteroatoms. The van der Waals surface area contributed by atoms with Gasteiger partial charge in [-0.3, -0.25) is 0 Å². The van der Waals surface area contributed by atoms with Gasteiger partial charge in [0.15, 0.2) is 0 Å². The van der Waals surface area contributed by atoms with Crippen LogP contribution in [0.2, 0.25) is 4.34 Å². The molecule has 2 aromatic rings. The number of hydrogen-bond donors (Lipinski definition) is 1. The number of hydrogen-bond acceptors (Lipinski definition) is 5. The number of nitrogens with zero attached hydrogens (tertiary/aromatic N) is 2. The Morgan fingerprint density at radius 3 is 2.87 bits per heavy atom. The molecule has 2 aromatic heterocycles.